The Morgan fingerprint density at radius 2 is 2.04 bits per heavy atom. The van der Waals surface area contributed by atoms with Crippen molar-refractivity contribution in [2.75, 3.05) is 18.5 Å². The molecule has 3 rings (SSSR count). The van der Waals surface area contributed by atoms with E-state index in [9.17, 15) is 4.79 Å². The normalized spacial score (nSPS) is 10.5. The van der Waals surface area contributed by atoms with E-state index in [1.165, 1.54) is 10.6 Å². The van der Waals surface area contributed by atoms with E-state index in [1.807, 2.05) is 42.3 Å². The highest BCUT2D eigenvalue weighted by Crippen LogP contribution is 2.14. The fraction of sp³-hybridized carbons (Fsp3) is 0.211. The van der Waals surface area contributed by atoms with Crippen LogP contribution in [0.15, 0.2) is 65.8 Å². The fourth-order valence-corrected chi connectivity index (χ4v) is 2.31. The molecule has 0 bridgehead atoms. The predicted molar refractivity (Wildman–Crippen MR) is 97.3 cm³/mol. The van der Waals surface area contributed by atoms with E-state index >= 15 is 0 Å². The first-order chi connectivity index (χ1) is 12.2. The lowest BCUT2D eigenvalue weighted by Gasteiger charge is -2.15. The summed E-state index contributed by atoms with van der Waals surface area (Å²) >= 11 is 0. The van der Waals surface area contributed by atoms with Gasteiger partial charge in [0.2, 0.25) is 0 Å². The molecule has 6 heteroatoms. The Morgan fingerprint density at radius 1 is 1.16 bits per heavy atom. The highest BCUT2D eigenvalue weighted by molar-refractivity contribution is 5.42. The van der Waals surface area contributed by atoms with Crippen molar-refractivity contribution in [3.63, 3.8) is 0 Å². The van der Waals surface area contributed by atoms with Gasteiger partial charge in [0.15, 0.2) is 0 Å². The second-order valence-corrected chi connectivity index (χ2v) is 5.57. The van der Waals surface area contributed by atoms with E-state index in [1.54, 1.807) is 24.7 Å². The van der Waals surface area contributed by atoms with Crippen LogP contribution in [0.25, 0.3) is 5.69 Å². The maximum atomic E-state index is 12.4. The summed E-state index contributed by atoms with van der Waals surface area (Å²) in [5.74, 6) is 1.39. The van der Waals surface area contributed by atoms with Crippen molar-refractivity contribution < 1.29 is 4.74 Å². The van der Waals surface area contributed by atoms with Crippen molar-refractivity contribution in [2.24, 2.45) is 0 Å². The topological polar surface area (TPSA) is 60.2 Å². The molecule has 0 spiro atoms. The predicted octanol–water partition coefficient (Wildman–Crippen LogP) is 2.66. The molecule has 6 nitrogen and oxygen atoms in total. The average Bonchev–Trinajstić information content (AvgIpc) is 2.67. The molecule has 0 saturated heterocycles. The number of ether oxygens (including phenoxy) is 1. The number of hydrogen-bond donors (Lipinski definition) is 0. The smallest absolute Gasteiger partial charge is 0.258 e. The minimum absolute atomic E-state index is 0.170. The van der Waals surface area contributed by atoms with Gasteiger partial charge in [-0.1, -0.05) is 6.07 Å². The minimum atomic E-state index is -0.170. The molecule has 0 saturated carbocycles. The van der Waals surface area contributed by atoms with Gasteiger partial charge in [0, 0.05) is 32.1 Å². The molecule has 0 atom stereocenters. The van der Waals surface area contributed by atoms with E-state index in [4.69, 9.17) is 4.74 Å². The quantitative estimate of drug-likeness (QED) is 0.692. The van der Waals surface area contributed by atoms with Crippen LogP contribution < -0.4 is 15.2 Å². The first kappa shape index (κ1) is 16.7. The lowest BCUT2D eigenvalue weighted by atomic mass is 10.3. The van der Waals surface area contributed by atoms with Crippen LogP contribution in [0.4, 0.5) is 5.82 Å². The molecule has 0 radical (unpaired) electrons. The van der Waals surface area contributed by atoms with Crippen molar-refractivity contribution in [1.82, 2.24) is 14.5 Å². The fourth-order valence-electron chi connectivity index (χ4n) is 2.31. The first-order valence-corrected chi connectivity index (χ1v) is 8.10. The minimum Gasteiger partial charge on any atom is -0.487 e. The molecule has 0 amide bonds. The monoisotopic (exact) mass is 336 g/mol. The maximum Gasteiger partial charge on any atom is 0.258 e. The molecule has 0 fully saturated rings. The van der Waals surface area contributed by atoms with Crippen molar-refractivity contribution in [3.8, 4) is 11.4 Å². The Kier molecular flexibility index (Phi) is 5.09. The third kappa shape index (κ3) is 4.03. The Hall–Kier alpha value is -3.15. The zero-order valence-corrected chi connectivity index (χ0v) is 14.3. The molecule has 3 aromatic heterocycles. The molecular weight excluding hydrogens is 316 g/mol. The van der Waals surface area contributed by atoms with E-state index < -0.39 is 0 Å². The Balaban J connectivity index is 1.74. The summed E-state index contributed by atoms with van der Waals surface area (Å²) in [4.78, 5) is 23.0. The number of rotatable bonds is 6. The summed E-state index contributed by atoms with van der Waals surface area (Å²) in [5, 5.41) is 0. The zero-order valence-electron chi connectivity index (χ0n) is 14.3. The summed E-state index contributed by atoms with van der Waals surface area (Å²) < 4.78 is 7.17. The van der Waals surface area contributed by atoms with Gasteiger partial charge in [-0.2, -0.15) is 0 Å². The van der Waals surface area contributed by atoms with Gasteiger partial charge in [-0.25, -0.2) is 4.98 Å². The van der Waals surface area contributed by atoms with Crippen molar-refractivity contribution in [3.05, 3.63) is 77.1 Å². The summed E-state index contributed by atoms with van der Waals surface area (Å²) in [6.45, 7) is 3.25. The van der Waals surface area contributed by atoms with Crippen LogP contribution in [-0.4, -0.2) is 28.1 Å². The Morgan fingerprint density at radius 3 is 2.68 bits per heavy atom. The molecule has 0 aromatic carbocycles. The van der Waals surface area contributed by atoms with Gasteiger partial charge >= 0.3 is 0 Å². The average molecular weight is 336 g/mol. The number of pyridine rings is 3. The van der Waals surface area contributed by atoms with E-state index in [0.717, 1.165) is 23.7 Å². The Labute approximate surface area is 146 Å². The summed E-state index contributed by atoms with van der Waals surface area (Å²) in [7, 11) is 1.97. The van der Waals surface area contributed by atoms with Crippen molar-refractivity contribution >= 4 is 5.82 Å². The largest absolute Gasteiger partial charge is 0.487 e. The highest BCUT2D eigenvalue weighted by Gasteiger charge is 2.05. The molecule has 0 unspecified atom stereocenters. The van der Waals surface area contributed by atoms with Crippen LogP contribution >= 0.6 is 0 Å². The molecule has 0 N–H and O–H groups in total. The molecule has 0 aliphatic carbocycles. The van der Waals surface area contributed by atoms with Gasteiger partial charge in [0.1, 0.15) is 18.2 Å². The maximum absolute atomic E-state index is 12.4. The molecule has 25 heavy (non-hydrogen) atoms. The third-order valence-corrected chi connectivity index (χ3v) is 3.88. The summed E-state index contributed by atoms with van der Waals surface area (Å²) in [6.07, 6.45) is 5.09. The van der Waals surface area contributed by atoms with Gasteiger partial charge in [-0.05, 0) is 37.3 Å². The van der Waals surface area contributed by atoms with Crippen molar-refractivity contribution in [1.29, 1.82) is 0 Å². The summed E-state index contributed by atoms with van der Waals surface area (Å²) in [5.41, 5.74) is 1.36. The van der Waals surface area contributed by atoms with Gasteiger partial charge in [0.05, 0.1) is 17.6 Å². The molecular formula is C19H20N4O2. The summed E-state index contributed by atoms with van der Waals surface area (Å²) in [6, 6.07) is 12.6. The number of anilines is 1. The van der Waals surface area contributed by atoms with Crippen LogP contribution in [0.3, 0.4) is 0 Å². The molecule has 0 aliphatic heterocycles. The molecule has 0 aliphatic rings. The van der Waals surface area contributed by atoms with Gasteiger partial charge < -0.3 is 9.64 Å². The van der Waals surface area contributed by atoms with Crippen LogP contribution in [0, 0.1) is 0 Å². The molecule has 3 heterocycles. The molecule has 128 valence electrons. The molecule has 3 aromatic rings. The van der Waals surface area contributed by atoms with E-state index in [2.05, 4.69) is 16.9 Å². The van der Waals surface area contributed by atoms with E-state index in [0.29, 0.717) is 12.4 Å². The first-order valence-electron chi connectivity index (χ1n) is 8.10. The van der Waals surface area contributed by atoms with Crippen molar-refractivity contribution in [2.45, 2.75) is 13.5 Å². The number of hydrogen-bond acceptors (Lipinski definition) is 5. The van der Waals surface area contributed by atoms with Gasteiger partial charge in [-0.15, -0.1) is 0 Å². The zero-order chi connectivity index (χ0) is 17.6. The van der Waals surface area contributed by atoms with E-state index in [-0.39, 0.29) is 5.56 Å². The van der Waals surface area contributed by atoms with Gasteiger partial charge in [0.25, 0.3) is 5.56 Å². The van der Waals surface area contributed by atoms with Crippen LogP contribution in [0.5, 0.6) is 5.75 Å². The van der Waals surface area contributed by atoms with Crippen LogP contribution in [0.2, 0.25) is 0 Å². The van der Waals surface area contributed by atoms with Crippen LogP contribution in [-0.2, 0) is 6.61 Å². The lowest BCUT2D eigenvalue weighted by Crippen LogP contribution is -2.19. The Bertz CT molecular complexity index is 876. The standard InChI is InChI=1S/C19H20N4O2/c1-3-22(2)18-8-7-16(13-21-18)23-11-9-17(12-19(23)24)25-14-15-6-4-5-10-20-15/h4-13H,3,14H2,1-2H3. The second-order valence-electron chi connectivity index (χ2n) is 5.57. The number of nitrogens with zero attached hydrogens (tertiary/aromatic N) is 4. The van der Waals surface area contributed by atoms with Crippen LogP contribution in [0.1, 0.15) is 12.6 Å². The second kappa shape index (κ2) is 7.61. The van der Waals surface area contributed by atoms with Gasteiger partial charge in [-0.3, -0.25) is 14.3 Å². The lowest BCUT2D eigenvalue weighted by molar-refractivity contribution is 0.300. The SMILES string of the molecule is CCN(C)c1ccc(-n2ccc(OCc3ccccn3)cc2=O)cn1. The number of aromatic nitrogens is 3. The highest BCUT2D eigenvalue weighted by atomic mass is 16.5. The third-order valence-electron chi connectivity index (χ3n) is 3.88.